The van der Waals surface area contributed by atoms with Gasteiger partial charge in [0.25, 0.3) is 0 Å². The first kappa shape index (κ1) is 34.5. The number of β-amino-alcohol motifs (C(OH)–C–C–N with tert-alkyl or cyclic N) is 1. The van der Waals surface area contributed by atoms with Crippen LogP contribution in [0.1, 0.15) is 81.9 Å². The summed E-state index contributed by atoms with van der Waals surface area (Å²) in [5, 5.41) is 27.9. The zero-order valence-electron chi connectivity index (χ0n) is 28.5. The Morgan fingerprint density at radius 1 is 1.02 bits per heavy atom. The van der Waals surface area contributed by atoms with Gasteiger partial charge in [-0.05, 0) is 62.5 Å². The number of rotatable bonds is 10. The monoisotopic (exact) mass is 678 g/mol. The second-order valence-electron chi connectivity index (χ2n) is 14.3. The van der Waals surface area contributed by atoms with Gasteiger partial charge in [0.15, 0.2) is 11.6 Å². The summed E-state index contributed by atoms with van der Waals surface area (Å²) in [6.07, 6.45) is 3.10. The normalized spacial score (nSPS) is 22.7. The maximum Gasteiger partial charge on any atom is 0.243 e. The third kappa shape index (κ3) is 7.77. The molecule has 3 aliphatic heterocycles. The SMILES string of the molecule is Cc1ncsc1-c1ccc([C@H](C)NC(=O)[C@@H]2C[C@@H](O)CN2C(=O)C(c2cc(N3CCC(CN4CCC(O)CC4)CC3)no2)C(C)C)cc1. The average molecular weight is 679 g/mol. The molecule has 3 saturated heterocycles. The van der Waals surface area contributed by atoms with Crippen LogP contribution in [0.5, 0.6) is 0 Å². The number of amides is 2. The number of carbonyl (C=O) groups is 2. The molecule has 0 bridgehead atoms. The van der Waals surface area contributed by atoms with E-state index in [1.807, 2.05) is 63.5 Å². The van der Waals surface area contributed by atoms with Crippen LogP contribution in [0.4, 0.5) is 5.82 Å². The van der Waals surface area contributed by atoms with Crippen molar-refractivity contribution in [2.45, 2.75) is 90.0 Å². The van der Waals surface area contributed by atoms with Crippen LogP contribution in [-0.4, -0.2) is 99.5 Å². The van der Waals surface area contributed by atoms with Crippen molar-refractivity contribution in [2.75, 3.05) is 44.2 Å². The van der Waals surface area contributed by atoms with E-state index >= 15 is 0 Å². The Labute approximate surface area is 287 Å². The molecule has 3 aliphatic rings. The fourth-order valence-corrected chi connectivity index (χ4v) is 8.31. The predicted molar refractivity (Wildman–Crippen MR) is 186 cm³/mol. The summed E-state index contributed by atoms with van der Waals surface area (Å²) in [4.78, 5) is 39.4. The average Bonchev–Trinajstić information content (AvgIpc) is 3.83. The van der Waals surface area contributed by atoms with E-state index in [0.717, 1.165) is 85.9 Å². The molecule has 0 spiro atoms. The number of nitrogens with one attached hydrogen (secondary N) is 1. The zero-order valence-corrected chi connectivity index (χ0v) is 29.4. The summed E-state index contributed by atoms with van der Waals surface area (Å²) in [7, 11) is 0. The standard InChI is InChI=1S/C36H50N6O5S/c1-22(2)33(31-18-32(39-47-31)41-15-9-25(10-16-41)19-40-13-11-28(43)12-14-40)36(46)42-20-29(44)17-30(42)35(45)38-23(3)26-5-7-27(8-6-26)34-24(4)37-21-48-34/h5-8,18,21-23,25,28-30,33,43-44H,9-17,19-20H2,1-4H3,(H,38,45)/t23-,29+,30-,33?/m0/s1. The summed E-state index contributed by atoms with van der Waals surface area (Å²) in [5.41, 5.74) is 4.87. The number of hydrogen-bond acceptors (Lipinski definition) is 10. The molecule has 0 saturated carbocycles. The Bertz CT molecular complexity index is 1530. The van der Waals surface area contributed by atoms with E-state index in [0.29, 0.717) is 11.7 Å². The fraction of sp³-hybridized carbons (Fsp3) is 0.611. The second kappa shape index (κ2) is 15.1. The van der Waals surface area contributed by atoms with Gasteiger partial charge in [0, 0.05) is 51.8 Å². The Hall–Kier alpha value is -3.32. The number of hydrogen-bond donors (Lipinski definition) is 3. The van der Waals surface area contributed by atoms with Crippen molar-refractivity contribution < 1.29 is 24.3 Å². The van der Waals surface area contributed by atoms with Crippen LogP contribution in [0.25, 0.3) is 10.4 Å². The largest absolute Gasteiger partial charge is 0.393 e. The lowest BCUT2D eigenvalue weighted by Gasteiger charge is -2.36. The first-order chi connectivity index (χ1) is 23.1. The molecule has 3 aromatic rings. The van der Waals surface area contributed by atoms with Crippen molar-refractivity contribution in [3.63, 3.8) is 0 Å². The summed E-state index contributed by atoms with van der Waals surface area (Å²) >= 11 is 1.60. The highest BCUT2D eigenvalue weighted by Crippen LogP contribution is 2.34. The number of aliphatic hydroxyl groups excluding tert-OH is 2. The molecule has 3 fully saturated rings. The molecule has 1 unspecified atom stereocenters. The molecule has 2 aromatic heterocycles. The van der Waals surface area contributed by atoms with E-state index in [1.54, 1.807) is 11.3 Å². The maximum absolute atomic E-state index is 14.1. The number of aryl methyl sites for hydroxylation is 1. The molecular weight excluding hydrogens is 629 g/mol. The lowest BCUT2D eigenvalue weighted by Crippen LogP contribution is -2.48. The molecule has 3 N–H and O–H groups in total. The molecule has 12 heteroatoms. The van der Waals surface area contributed by atoms with Crippen molar-refractivity contribution in [3.05, 3.63) is 52.9 Å². The zero-order chi connectivity index (χ0) is 33.9. The minimum atomic E-state index is -0.781. The molecule has 11 nitrogen and oxygen atoms in total. The maximum atomic E-state index is 14.1. The van der Waals surface area contributed by atoms with E-state index in [9.17, 15) is 19.8 Å². The molecule has 6 rings (SSSR count). The number of nitrogens with zero attached hydrogens (tertiary/aromatic N) is 5. The van der Waals surface area contributed by atoms with Crippen LogP contribution in [0, 0.1) is 18.8 Å². The van der Waals surface area contributed by atoms with Crippen LogP contribution >= 0.6 is 11.3 Å². The molecule has 48 heavy (non-hydrogen) atoms. The predicted octanol–water partition coefficient (Wildman–Crippen LogP) is 4.36. The minimum absolute atomic E-state index is 0.0991. The molecule has 0 radical (unpaired) electrons. The van der Waals surface area contributed by atoms with Crippen LogP contribution in [-0.2, 0) is 9.59 Å². The molecule has 1 aromatic carbocycles. The van der Waals surface area contributed by atoms with Crippen LogP contribution in [0.15, 0.2) is 40.4 Å². The Morgan fingerprint density at radius 2 is 1.73 bits per heavy atom. The summed E-state index contributed by atoms with van der Waals surface area (Å²) in [6, 6.07) is 8.92. The Balaban J connectivity index is 1.07. The number of benzene rings is 1. The Morgan fingerprint density at radius 3 is 2.38 bits per heavy atom. The van der Waals surface area contributed by atoms with Crippen molar-refractivity contribution >= 4 is 29.0 Å². The third-order valence-electron chi connectivity index (χ3n) is 10.4. The fourth-order valence-electron chi connectivity index (χ4n) is 7.50. The van der Waals surface area contributed by atoms with E-state index in [1.165, 1.54) is 4.90 Å². The molecule has 0 aliphatic carbocycles. The van der Waals surface area contributed by atoms with Gasteiger partial charge in [0.2, 0.25) is 11.8 Å². The third-order valence-corrected chi connectivity index (χ3v) is 11.4. The number of piperidine rings is 2. The number of anilines is 1. The van der Waals surface area contributed by atoms with Gasteiger partial charge >= 0.3 is 0 Å². The number of likely N-dealkylation sites (tertiary alicyclic amines) is 2. The minimum Gasteiger partial charge on any atom is -0.393 e. The van der Waals surface area contributed by atoms with Gasteiger partial charge in [-0.15, -0.1) is 11.3 Å². The van der Waals surface area contributed by atoms with Gasteiger partial charge in [-0.1, -0.05) is 43.3 Å². The van der Waals surface area contributed by atoms with Crippen molar-refractivity contribution in [3.8, 4) is 10.4 Å². The smallest absolute Gasteiger partial charge is 0.243 e. The van der Waals surface area contributed by atoms with Crippen molar-refractivity contribution in [2.24, 2.45) is 11.8 Å². The van der Waals surface area contributed by atoms with E-state index in [2.05, 4.69) is 25.3 Å². The quantitative estimate of drug-likeness (QED) is 0.286. The van der Waals surface area contributed by atoms with Crippen molar-refractivity contribution in [1.29, 1.82) is 0 Å². The molecule has 2 amide bonds. The molecule has 5 heterocycles. The molecule has 260 valence electrons. The van der Waals surface area contributed by atoms with Crippen LogP contribution < -0.4 is 10.2 Å². The topological polar surface area (TPSA) is 135 Å². The second-order valence-corrected chi connectivity index (χ2v) is 15.1. The first-order valence-electron chi connectivity index (χ1n) is 17.5. The van der Waals surface area contributed by atoms with Gasteiger partial charge in [0.05, 0.1) is 34.3 Å². The van der Waals surface area contributed by atoms with Crippen molar-refractivity contribution in [1.82, 2.24) is 25.3 Å². The number of aliphatic hydroxyl groups is 2. The summed E-state index contributed by atoms with van der Waals surface area (Å²) in [5.74, 6) is 0.610. The highest BCUT2D eigenvalue weighted by Gasteiger charge is 2.43. The van der Waals surface area contributed by atoms with Gasteiger partial charge in [-0.25, -0.2) is 4.98 Å². The van der Waals surface area contributed by atoms with Gasteiger partial charge in [-0.3, -0.25) is 9.59 Å². The first-order valence-corrected chi connectivity index (χ1v) is 18.4. The lowest BCUT2D eigenvalue weighted by molar-refractivity contribution is -0.141. The van der Waals surface area contributed by atoms with Crippen LogP contribution in [0.3, 0.4) is 0 Å². The number of thiazole rings is 1. The van der Waals surface area contributed by atoms with Gasteiger partial charge in [0.1, 0.15) is 12.0 Å². The molecular formula is C36H50N6O5S. The van der Waals surface area contributed by atoms with Gasteiger partial charge in [-0.2, -0.15) is 0 Å². The van der Waals surface area contributed by atoms with E-state index < -0.39 is 18.1 Å². The van der Waals surface area contributed by atoms with Crippen LogP contribution in [0.2, 0.25) is 0 Å². The summed E-state index contributed by atoms with van der Waals surface area (Å²) in [6.45, 7) is 12.7. The number of carbonyl (C=O) groups excluding carboxylic acids is 2. The Kier molecular flexibility index (Phi) is 10.8. The van der Waals surface area contributed by atoms with Gasteiger partial charge < -0.3 is 34.8 Å². The summed E-state index contributed by atoms with van der Waals surface area (Å²) < 4.78 is 5.83. The number of aromatic nitrogens is 2. The van der Waals surface area contributed by atoms with E-state index in [4.69, 9.17) is 4.52 Å². The highest BCUT2D eigenvalue weighted by atomic mass is 32.1. The molecule has 4 atom stereocenters. The highest BCUT2D eigenvalue weighted by molar-refractivity contribution is 7.13. The lowest BCUT2D eigenvalue weighted by atomic mass is 9.91. The van der Waals surface area contributed by atoms with E-state index in [-0.39, 0.29) is 42.8 Å².